The van der Waals surface area contributed by atoms with E-state index in [-0.39, 0.29) is 41.4 Å². The predicted molar refractivity (Wildman–Crippen MR) is 62.4 cm³/mol. The van der Waals surface area contributed by atoms with Gasteiger partial charge < -0.3 is 17.5 Å². The molecule has 0 aliphatic heterocycles. The number of hydrogen-bond donors (Lipinski definition) is 0. The van der Waals surface area contributed by atoms with Crippen LogP contribution < -0.4 is 17.5 Å². The van der Waals surface area contributed by atoms with Crippen molar-refractivity contribution >= 4 is 23.1 Å². The van der Waals surface area contributed by atoms with Gasteiger partial charge in [-0.25, -0.2) is 0 Å². The summed E-state index contributed by atoms with van der Waals surface area (Å²) in [7, 11) is 0. The molecule has 3 heteroatoms. The van der Waals surface area contributed by atoms with Gasteiger partial charge in [0.05, 0.1) is 0 Å². The first-order chi connectivity index (χ1) is 6.06. The zero-order valence-corrected chi connectivity index (χ0v) is 13.0. The molecule has 0 saturated carbocycles. The number of unbranched alkanes of at least 4 members (excludes halogenated alkanes) is 2. The third kappa shape index (κ3) is 8.79. The largest absolute Gasteiger partial charge is 2.00 e. The van der Waals surface area contributed by atoms with E-state index in [1.54, 1.807) is 0 Å². The van der Waals surface area contributed by atoms with Gasteiger partial charge in [0.15, 0.2) is 0 Å². The maximum atomic E-state index is 12.3. The second-order valence-corrected chi connectivity index (χ2v) is 4.43. The maximum absolute atomic E-state index is 12.3. The van der Waals surface area contributed by atoms with E-state index in [4.69, 9.17) is 0 Å². The molecule has 0 rings (SSSR count). The second kappa shape index (κ2) is 11.5. The fourth-order valence-corrected chi connectivity index (χ4v) is 1.65. The van der Waals surface area contributed by atoms with Crippen molar-refractivity contribution < 1.29 is 17.5 Å². The number of rotatable bonds is 7. The number of halogens is 1. The first-order valence-electron chi connectivity index (χ1n) is 5.77. The quantitative estimate of drug-likeness (QED) is 0.567. The molecule has 1 nitrogen and oxygen atoms in total. The van der Waals surface area contributed by atoms with Crippen molar-refractivity contribution in [1.29, 1.82) is 0 Å². The van der Waals surface area contributed by atoms with Gasteiger partial charge in [0, 0.05) is 0 Å². The minimum absolute atomic E-state index is 0. The van der Waals surface area contributed by atoms with Gasteiger partial charge in [-0.05, 0) is 0 Å². The smallest absolute Gasteiger partial charge is 1.00 e. The summed E-state index contributed by atoms with van der Waals surface area (Å²) in [5, 5.41) is 12.3. The Labute approximate surface area is 118 Å². The molecule has 0 aromatic rings. The molecule has 0 fully saturated rings. The van der Waals surface area contributed by atoms with E-state index in [9.17, 15) is 5.11 Å². The summed E-state index contributed by atoms with van der Waals surface area (Å²) in [6.07, 6.45) is 6.19. The summed E-state index contributed by atoms with van der Waals surface area (Å²) in [4.78, 5) is 0. The SMILES string of the molecule is CCCCC([O-])(CCCC)C(C)C.[Cl-].[Mg+2]. The van der Waals surface area contributed by atoms with Crippen molar-refractivity contribution in [3.8, 4) is 0 Å². The third-order valence-electron chi connectivity index (χ3n) is 2.96. The Balaban J connectivity index is -0.000000720. The normalized spacial score (nSPS) is 10.8. The predicted octanol–water partition coefficient (Wildman–Crippen LogP) is -0.255. The van der Waals surface area contributed by atoms with Gasteiger partial charge in [-0.2, -0.15) is 0 Å². The summed E-state index contributed by atoms with van der Waals surface area (Å²) >= 11 is 0. The summed E-state index contributed by atoms with van der Waals surface area (Å²) in [6, 6.07) is 0. The van der Waals surface area contributed by atoms with Crippen molar-refractivity contribution in [3.63, 3.8) is 0 Å². The van der Waals surface area contributed by atoms with E-state index in [0.717, 1.165) is 38.5 Å². The Morgan fingerprint density at radius 1 is 1.00 bits per heavy atom. The van der Waals surface area contributed by atoms with Crippen molar-refractivity contribution in [2.24, 2.45) is 5.92 Å². The van der Waals surface area contributed by atoms with Gasteiger partial charge in [0.2, 0.25) is 0 Å². The van der Waals surface area contributed by atoms with Gasteiger partial charge in [0.25, 0.3) is 0 Å². The molecule has 0 atom stereocenters. The molecule has 0 heterocycles. The maximum Gasteiger partial charge on any atom is 2.00 e. The van der Waals surface area contributed by atoms with Gasteiger partial charge in [-0.3, -0.25) is 0 Å². The zero-order chi connectivity index (χ0) is 10.3. The molecule has 88 valence electrons. The summed E-state index contributed by atoms with van der Waals surface area (Å²) in [6.45, 7) is 8.44. The van der Waals surface area contributed by atoms with Crippen LogP contribution in [-0.4, -0.2) is 28.7 Å². The molecule has 0 N–H and O–H groups in total. The van der Waals surface area contributed by atoms with E-state index < -0.39 is 5.60 Å². The van der Waals surface area contributed by atoms with Gasteiger partial charge in [-0.15, -0.1) is 5.60 Å². The molecule has 0 aliphatic carbocycles. The van der Waals surface area contributed by atoms with E-state index in [1.807, 2.05) is 0 Å². The van der Waals surface area contributed by atoms with Crippen LogP contribution in [0.25, 0.3) is 0 Å². The molecule has 0 amide bonds. The van der Waals surface area contributed by atoms with Crippen LogP contribution in [0.15, 0.2) is 0 Å². The first kappa shape index (κ1) is 21.3. The molecule has 0 spiro atoms. The Kier molecular flexibility index (Phi) is 16.3. The molecule has 0 saturated heterocycles. The van der Waals surface area contributed by atoms with Crippen molar-refractivity contribution in [2.75, 3.05) is 0 Å². The fourth-order valence-electron chi connectivity index (χ4n) is 1.65. The van der Waals surface area contributed by atoms with E-state index in [1.165, 1.54) is 0 Å². The molecule has 0 bridgehead atoms. The molecule has 0 aromatic carbocycles. The summed E-state index contributed by atoms with van der Waals surface area (Å²) in [5.74, 6) is 0.283. The summed E-state index contributed by atoms with van der Waals surface area (Å²) < 4.78 is 0. The van der Waals surface area contributed by atoms with Gasteiger partial charge in [0.1, 0.15) is 0 Å². The standard InChI is InChI=1S/C12H25O.ClH.Mg/c1-5-7-9-12(13,11(3)4)10-8-6-2;;/h11H,5-10H2,1-4H3;1H;/q-1;;+2/p-1. The van der Waals surface area contributed by atoms with Crippen LogP contribution in [0.3, 0.4) is 0 Å². The van der Waals surface area contributed by atoms with E-state index in [0.29, 0.717) is 0 Å². The van der Waals surface area contributed by atoms with Crippen LogP contribution in [0, 0.1) is 5.92 Å². The van der Waals surface area contributed by atoms with Crippen LogP contribution in [-0.2, 0) is 0 Å². The average Bonchev–Trinajstić information content (AvgIpc) is 2.11. The Morgan fingerprint density at radius 3 is 1.53 bits per heavy atom. The van der Waals surface area contributed by atoms with Crippen molar-refractivity contribution in [3.05, 3.63) is 0 Å². The van der Waals surface area contributed by atoms with Crippen LogP contribution in [0.2, 0.25) is 0 Å². The van der Waals surface area contributed by atoms with Crippen molar-refractivity contribution in [1.82, 2.24) is 0 Å². The van der Waals surface area contributed by atoms with E-state index in [2.05, 4.69) is 27.7 Å². The van der Waals surface area contributed by atoms with E-state index >= 15 is 0 Å². The van der Waals surface area contributed by atoms with Crippen LogP contribution in [0.1, 0.15) is 66.2 Å². The van der Waals surface area contributed by atoms with Crippen LogP contribution in [0.5, 0.6) is 0 Å². The van der Waals surface area contributed by atoms with Gasteiger partial charge in [-0.1, -0.05) is 72.1 Å². The Morgan fingerprint density at radius 2 is 1.33 bits per heavy atom. The average molecular weight is 245 g/mol. The minimum Gasteiger partial charge on any atom is -1.00 e. The molecule has 0 aromatic heterocycles. The zero-order valence-electron chi connectivity index (χ0n) is 10.8. The molecular weight excluding hydrogens is 220 g/mol. The topological polar surface area (TPSA) is 23.1 Å². The van der Waals surface area contributed by atoms with Crippen LogP contribution >= 0.6 is 0 Å². The summed E-state index contributed by atoms with van der Waals surface area (Å²) in [5.41, 5.74) is -0.647. The fraction of sp³-hybridized carbons (Fsp3) is 1.00. The van der Waals surface area contributed by atoms with Crippen molar-refractivity contribution in [2.45, 2.75) is 71.8 Å². The first-order valence-corrected chi connectivity index (χ1v) is 5.77. The second-order valence-electron chi connectivity index (χ2n) is 4.43. The monoisotopic (exact) mass is 244 g/mol. The van der Waals surface area contributed by atoms with Crippen LogP contribution in [0.4, 0.5) is 0 Å². The third-order valence-corrected chi connectivity index (χ3v) is 2.96. The minimum atomic E-state index is -0.647. The molecule has 15 heavy (non-hydrogen) atoms. The molecule has 0 unspecified atom stereocenters. The molecule has 0 radical (unpaired) electrons. The molecule has 0 aliphatic rings. The Hall–Kier alpha value is 1.02. The number of hydrogen-bond acceptors (Lipinski definition) is 1. The Bertz CT molecular complexity index is 121. The van der Waals surface area contributed by atoms with Gasteiger partial charge >= 0.3 is 23.1 Å². The molecular formula is C12H25ClMgO.